The summed E-state index contributed by atoms with van der Waals surface area (Å²) in [7, 11) is 0. The summed E-state index contributed by atoms with van der Waals surface area (Å²) in [6.45, 7) is 6.84. The molecular formula is C24H25F3O4. The van der Waals surface area contributed by atoms with Crippen molar-refractivity contribution in [3.63, 3.8) is 0 Å². The van der Waals surface area contributed by atoms with Gasteiger partial charge in [-0.2, -0.15) is 9.59 Å². The lowest BCUT2D eigenvalue weighted by Gasteiger charge is -2.15. The van der Waals surface area contributed by atoms with Crippen LogP contribution in [0.25, 0.3) is 5.57 Å². The Morgan fingerprint density at radius 1 is 0.968 bits per heavy atom. The van der Waals surface area contributed by atoms with Crippen molar-refractivity contribution in [2.24, 2.45) is 0 Å². The molecule has 3 rings (SSSR count). The highest BCUT2D eigenvalue weighted by molar-refractivity contribution is 5.71. The number of hydrogen-bond acceptors (Lipinski definition) is 4. The molecule has 0 amide bonds. The molecule has 2 aromatic rings. The normalized spacial score (nSPS) is 13.4. The molecule has 0 aromatic heterocycles. The molecule has 0 unspecified atom stereocenters. The fraction of sp³-hybridized carbons (Fsp3) is 0.375. The SMILES string of the molecule is CCc1ccc(OCC2=C(c3ccc(OC(F)(F)F)cc3)CCC2)c(C)c1C.O=C=O. The van der Waals surface area contributed by atoms with Crippen LogP contribution in [0.15, 0.2) is 42.0 Å². The first-order valence-corrected chi connectivity index (χ1v) is 9.98. The zero-order valence-corrected chi connectivity index (χ0v) is 17.8. The summed E-state index contributed by atoms with van der Waals surface area (Å²) >= 11 is 0. The molecule has 0 radical (unpaired) electrons. The summed E-state index contributed by atoms with van der Waals surface area (Å²) in [5, 5.41) is 0. The van der Waals surface area contributed by atoms with Crippen molar-refractivity contribution < 1.29 is 32.2 Å². The standard InChI is InChI=1S/C23H25F3O2.CO2/c1-4-17-10-13-22(16(3)15(17)2)27-14-19-6-5-7-21(19)18-8-11-20(12-9-18)28-23(24,25)26;2-1-3/h8-13H,4-7,14H2,1-3H3;. The first-order valence-electron chi connectivity index (χ1n) is 9.98. The Hall–Kier alpha value is -3.05. The molecule has 7 heteroatoms. The lowest BCUT2D eigenvalue weighted by atomic mass is 10.0. The summed E-state index contributed by atoms with van der Waals surface area (Å²) in [5.74, 6) is 0.692. The van der Waals surface area contributed by atoms with Crippen LogP contribution in [0.4, 0.5) is 13.2 Å². The van der Waals surface area contributed by atoms with Crippen molar-refractivity contribution in [2.45, 2.75) is 52.8 Å². The van der Waals surface area contributed by atoms with Crippen LogP contribution in [0.1, 0.15) is 48.4 Å². The minimum absolute atomic E-state index is 0.199. The van der Waals surface area contributed by atoms with Crippen molar-refractivity contribution in [1.82, 2.24) is 0 Å². The van der Waals surface area contributed by atoms with E-state index in [1.165, 1.54) is 28.8 Å². The molecular weight excluding hydrogens is 409 g/mol. The molecule has 0 atom stereocenters. The number of ether oxygens (including phenoxy) is 2. The first-order chi connectivity index (χ1) is 14.7. The average molecular weight is 434 g/mol. The van der Waals surface area contributed by atoms with Gasteiger partial charge in [-0.15, -0.1) is 13.2 Å². The highest BCUT2D eigenvalue weighted by Crippen LogP contribution is 2.36. The number of carbonyl (C=O) groups excluding carboxylic acids is 2. The smallest absolute Gasteiger partial charge is 0.489 e. The summed E-state index contributed by atoms with van der Waals surface area (Å²) in [6.07, 6.45) is -0.541. The van der Waals surface area contributed by atoms with E-state index in [4.69, 9.17) is 14.3 Å². The van der Waals surface area contributed by atoms with E-state index < -0.39 is 6.36 Å². The summed E-state index contributed by atoms with van der Waals surface area (Å²) in [5.41, 5.74) is 7.06. The predicted molar refractivity (Wildman–Crippen MR) is 110 cm³/mol. The minimum Gasteiger partial charge on any atom is -0.489 e. The van der Waals surface area contributed by atoms with E-state index >= 15 is 0 Å². The lowest BCUT2D eigenvalue weighted by molar-refractivity contribution is -0.274. The number of alkyl halides is 3. The van der Waals surface area contributed by atoms with Crippen molar-refractivity contribution in [3.8, 4) is 11.5 Å². The van der Waals surface area contributed by atoms with Gasteiger partial charge in [0, 0.05) is 0 Å². The van der Waals surface area contributed by atoms with Gasteiger partial charge >= 0.3 is 12.5 Å². The largest absolute Gasteiger partial charge is 0.573 e. The fourth-order valence-corrected chi connectivity index (χ4v) is 3.73. The third kappa shape index (κ3) is 6.72. The number of halogens is 3. The van der Waals surface area contributed by atoms with E-state index in [0.717, 1.165) is 48.1 Å². The van der Waals surface area contributed by atoms with Gasteiger partial charge in [0.05, 0.1) is 0 Å². The number of hydrogen-bond donors (Lipinski definition) is 0. The van der Waals surface area contributed by atoms with E-state index in [0.29, 0.717) is 6.61 Å². The third-order valence-electron chi connectivity index (χ3n) is 5.40. The fourth-order valence-electron chi connectivity index (χ4n) is 3.73. The highest BCUT2D eigenvalue weighted by atomic mass is 19.4. The molecule has 1 aliphatic carbocycles. The van der Waals surface area contributed by atoms with Crippen molar-refractivity contribution >= 4 is 11.7 Å². The van der Waals surface area contributed by atoms with Crippen LogP contribution in [0.3, 0.4) is 0 Å². The Labute approximate surface area is 179 Å². The zero-order chi connectivity index (χ0) is 23.0. The second-order valence-electron chi connectivity index (χ2n) is 7.21. The quantitative estimate of drug-likeness (QED) is 0.543. The van der Waals surface area contributed by atoms with Crippen molar-refractivity contribution in [3.05, 3.63) is 64.2 Å². The number of benzene rings is 2. The maximum atomic E-state index is 12.3. The second kappa shape index (κ2) is 10.8. The zero-order valence-electron chi connectivity index (χ0n) is 17.8. The van der Waals surface area contributed by atoms with E-state index in [1.807, 2.05) is 6.07 Å². The van der Waals surface area contributed by atoms with Crippen LogP contribution < -0.4 is 9.47 Å². The van der Waals surface area contributed by atoms with Crippen LogP contribution in [-0.2, 0) is 16.0 Å². The molecule has 4 nitrogen and oxygen atoms in total. The van der Waals surface area contributed by atoms with Gasteiger partial charge in [0.2, 0.25) is 0 Å². The Bertz CT molecular complexity index is 954. The summed E-state index contributed by atoms with van der Waals surface area (Å²) in [4.78, 5) is 16.2. The molecule has 0 N–H and O–H groups in total. The first kappa shape index (κ1) is 24.2. The van der Waals surface area contributed by atoms with E-state index in [9.17, 15) is 13.2 Å². The monoisotopic (exact) mass is 434 g/mol. The molecule has 0 heterocycles. The van der Waals surface area contributed by atoms with E-state index in [1.54, 1.807) is 12.1 Å². The van der Waals surface area contributed by atoms with Gasteiger partial charge in [-0.05, 0) is 91.1 Å². The number of aryl methyl sites for hydroxylation is 1. The van der Waals surface area contributed by atoms with Gasteiger partial charge in [-0.1, -0.05) is 25.1 Å². The highest BCUT2D eigenvalue weighted by Gasteiger charge is 2.31. The molecule has 0 spiro atoms. The molecule has 31 heavy (non-hydrogen) atoms. The summed E-state index contributed by atoms with van der Waals surface area (Å²) < 4.78 is 47.0. The molecule has 1 aliphatic rings. The second-order valence-corrected chi connectivity index (χ2v) is 7.21. The van der Waals surface area contributed by atoms with Gasteiger partial charge in [-0.3, -0.25) is 0 Å². The van der Waals surface area contributed by atoms with Gasteiger partial charge in [0.15, 0.2) is 0 Å². The molecule has 0 bridgehead atoms. The van der Waals surface area contributed by atoms with Crippen LogP contribution in [0.5, 0.6) is 11.5 Å². The van der Waals surface area contributed by atoms with Crippen molar-refractivity contribution in [2.75, 3.05) is 6.61 Å². The topological polar surface area (TPSA) is 52.6 Å². The van der Waals surface area contributed by atoms with Gasteiger partial charge in [-0.25, -0.2) is 0 Å². The molecule has 0 aliphatic heterocycles. The number of rotatable bonds is 6. The average Bonchev–Trinajstić information content (AvgIpc) is 3.18. The van der Waals surface area contributed by atoms with Gasteiger partial charge < -0.3 is 9.47 Å². The Balaban J connectivity index is 0.00000107. The molecule has 2 aromatic carbocycles. The molecule has 0 fully saturated rings. The van der Waals surface area contributed by atoms with Crippen molar-refractivity contribution in [1.29, 1.82) is 0 Å². The van der Waals surface area contributed by atoms with Gasteiger partial charge in [0.25, 0.3) is 0 Å². The van der Waals surface area contributed by atoms with Crippen LogP contribution in [-0.4, -0.2) is 19.1 Å². The molecule has 0 saturated heterocycles. The predicted octanol–water partition coefficient (Wildman–Crippen LogP) is 6.20. The summed E-state index contributed by atoms with van der Waals surface area (Å²) in [6, 6.07) is 10.2. The van der Waals surface area contributed by atoms with E-state index in [-0.39, 0.29) is 11.9 Å². The Morgan fingerprint density at radius 2 is 1.61 bits per heavy atom. The Morgan fingerprint density at radius 3 is 2.19 bits per heavy atom. The maximum Gasteiger partial charge on any atom is 0.573 e. The van der Waals surface area contributed by atoms with Crippen LogP contribution in [0, 0.1) is 13.8 Å². The van der Waals surface area contributed by atoms with Crippen LogP contribution in [0.2, 0.25) is 0 Å². The number of allylic oxidation sites excluding steroid dienone is 1. The Kier molecular flexibility index (Phi) is 8.46. The maximum absolute atomic E-state index is 12.3. The lowest BCUT2D eigenvalue weighted by Crippen LogP contribution is -2.17. The molecule has 0 saturated carbocycles. The van der Waals surface area contributed by atoms with E-state index in [2.05, 4.69) is 31.6 Å². The molecule has 166 valence electrons. The van der Waals surface area contributed by atoms with Crippen LogP contribution >= 0.6 is 0 Å². The third-order valence-corrected chi connectivity index (χ3v) is 5.40. The van der Waals surface area contributed by atoms with Gasteiger partial charge in [0.1, 0.15) is 18.1 Å². The minimum atomic E-state index is -4.67.